The van der Waals surface area contributed by atoms with Crippen LogP contribution in [0.1, 0.15) is 36.0 Å². The lowest BCUT2D eigenvalue weighted by Gasteiger charge is -2.20. The molecule has 0 atom stereocenters. The fourth-order valence-electron chi connectivity index (χ4n) is 3.33. The predicted octanol–water partition coefficient (Wildman–Crippen LogP) is 2.56. The van der Waals surface area contributed by atoms with Gasteiger partial charge in [0.05, 0.1) is 0 Å². The Labute approximate surface area is 151 Å². The molecular formula is C18H21N5O3. The van der Waals surface area contributed by atoms with Crippen molar-refractivity contribution in [2.75, 3.05) is 36.0 Å². The van der Waals surface area contributed by atoms with E-state index < -0.39 is 5.97 Å². The summed E-state index contributed by atoms with van der Waals surface area (Å²) in [5, 5.41) is 9.35. The molecular weight excluding hydrogens is 334 g/mol. The van der Waals surface area contributed by atoms with Gasteiger partial charge in [0.1, 0.15) is 11.3 Å². The number of carboxylic acid groups (broad SMARTS) is 1. The summed E-state index contributed by atoms with van der Waals surface area (Å²) in [4.78, 5) is 29.2. The summed E-state index contributed by atoms with van der Waals surface area (Å²) in [5.74, 6) is 0.379. The van der Waals surface area contributed by atoms with Crippen LogP contribution in [0.5, 0.6) is 11.8 Å². The first-order valence-electron chi connectivity index (χ1n) is 8.97. The molecule has 2 aromatic rings. The lowest BCUT2D eigenvalue weighted by molar-refractivity contribution is 0.0694. The Bertz CT molecular complexity index is 767. The Morgan fingerprint density at radius 3 is 1.96 bits per heavy atom. The van der Waals surface area contributed by atoms with Gasteiger partial charge in [-0.3, -0.25) is 0 Å². The fraction of sp³-hybridized carbons (Fsp3) is 0.444. The van der Waals surface area contributed by atoms with Crippen LogP contribution in [-0.4, -0.2) is 52.2 Å². The van der Waals surface area contributed by atoms with Crippen LogP contribution in [0, 0.1) is 0 Å². The Balaban J connectivity index is 1.69. The molecule has 0 radical (unpaired) electrons. The maximum atomic E-state index is 11.4. The molecule has 26 heavy (non-hydrogen) atoms. The number of rotatable bonds is 5. The molecule has 0 bridgehead atoms. The van der Waals surface area contributed by atoms with Gasteiger partial charge >= 0.3 is 12.0 Å². The highest BCUT2D eigenvalue weighted by molar-refractivity contribution is 5.90. The normalized spacial score (nSPS) is 16.9. The van der Waals surface area contributed by atoms with Crippen molar-refractivity contribution in [3.63, 3.8) is 0 Å². The lowest BCUT2D eigenvalue weighted by Crippen LogP contribution is -2.25. The number of hydrogen-bond acceptors (Lipinski definition) is 7. The molecule has 1 aromatic carbocycles. The minimum absolute atomic E-state index is 0.0818. The molecule has 2 aliphatic rings. The SMILES string of the molecule is O=C(O)c1ccccc1Oc1nc(N2CCCC2)nc(N2CCCC2)n1. The lowest BCUT2D eigenvalue weighted by atomic mass is 10.2. The summed E-state index contributed by atoms with van der Waals surface area (Å²) in [6.07, 6.45) is 4.46. The Kier molecular flexibility index (Phi) is 4.55. The van der Waals surface area contributed by atoms with Gasteiger partial charge < -0.3 is 19.6 Å². The van der Waals surface area contributed by atoms with Crippen LogP contribution in [0.15, 0.2) is 24.3 Å². The first kappa shape index (κ1) is 16.6. The summed E-state index contributed by atoms with van der Waals surface area (Å²) < 4.78 is 5.77. The molecule has 2 saturated heterocycles. The standard InChI is InChI=1S/C18H21N5O3/c24-15(25)13-7-1-2-8-14(13)26-18-20-16(22-9-3-4-10-22)19-17(21-18)23-11-5-6-12-23/h1-2,7-8H,3-6,9-12H2,(H,24,25). The topological polar surface area (TPSA) is 91.7 Å². The third-order valence-corrected chi connectivity index (χ3v) is 4.69. The highest BCUT2D eigenvalue weighted by Crippen LogP contribution is 2.27. The van der Waals surface area contributed by atoms with Crippen LogP contribution in [0.2, 0.25) is 0 Å². The predicted molar refractivity (Wildman–Crippen MR) is 96.2 cm³/mol. The van der Waals surface area contributed by atoms with Gasteiger partial charge in [-0.15, -0.1) is 0 Å². The number of anilines is 2. The van der Waals surface area contributed by atoms with E-state index in [0.717, 1.165) is 51.9 Å². The Morgan fingerprint density at radius 2 is 1.42 bits per heavy atom. The van der Waals surface area contributed by atoms with E-state index >= 15 is 0 Å². The first-order valence-corrected chi connectivity index (χ1v) is 8.97. The van der Waals surface area contributed by atoms with Gasteiger partial charge in [-0.25, -0.2) is 4.79 Å². The molecule has 0 spiro atoms. The van der Waals surface area contributed by atoms with Crippen LogP contribution in [0.4, 0.5) is 11.9 Å². The quantitative estimate of drug-likeness (QED) is 0.875. The van der Waals surface area contributed by atoms with E-state index in [9.17, 15) is 9.90 Å². The average molecular weight is 355 g/mol. The van der Waals surface area contributed by atoms with Gasteiger partial charge in [-0.1, -0.05) is 12.1 Å². The van der Waals surface area contributed by atoms with Crippen LogP contribution in [0.3, 0.4) is 0 Å². The number of para-hydroxylation sites is 1. The molecule has 0 aliphatic carbocycles. The molecule has 3 heterocycles. The van der Waals surface area contributed by atoms with E-state index in [2.05, 4.69) is 24.8 Å². The number of benzene rings is 1. The summed E-state index contributed by atoms with van der Waals surface area (Å²) in [5.41, 5.74) is 0.0818. The van der Waals surface area contributed by atoms with E-state index in [1.807, 2.05) is 0 Å². The second-order valence-corrected chi connectivity index (χ2v) is 6.51. The smallest absolute Gasteiger partial charge is 0.339 e. The summed E-state index contributed by atoms with van der Waals surface area (Å²) in [7, 11) is 0. The highest BCUT2D eigenvalue weighted by atomic mass is 16.5. The molecule has 1 N–H and O–H groups in total. The second-order valence-electron chi connectivity index (χ2n) is 6.51. The largest absolute Gasteiger partial charge is 0.478 e. The van der Waals surface area contributed by atoms with Crippen molar-refractivity contribution in [1.29, 1.82) is 0 Å². The molecule has 4 rings (SSSR count). The Hall–Kier alpha value is -2.90. The van der Waals surface area contributed by atoms with Gasteiger partial charge in [-0.05, 0) is 37.8 Å². The maximum Gasteiger partial charge on any atom is 0.339 e. The molecule has 8 heteroatoms. The summed E-state index contributed by atoms with van der Waals surface area (Å²) in [6.45, 7) is 3.65. The van der Waals surface area contributed by atoms with Gasteiger partial charge in [0.2, 0.25) is 11.9 Å². The number of aromatic carboxylic acids is 1. The van der Waals surface area contributed by atoms with E-state index in [1.54, 1.807) is 18.2 Å². The molecule has 0 unspecified atom stereocenters. The number of aromatic nitrogens is 3. The van der Waals surface area contributed by atoms with Gasteiger partial charge in [-0.2, -0.15) is 15.0 Å². The summed E-state index contributed by atoms with van der Waals surface area (Å²) >= 11 is 0. The van der Waals surface area contributed by atoms with Crippen LogP contribution >= 0.6 is 0 Å². The number of nitrogens with zero attached hydrogens (tertiary/aromatic N) is 5. The number of carbonyl (C=O) groups is 1. The van der Waals surface area contributed by atoms with Crippen molar-refractivity contribution in [3.8, 4) is 11.8 Å². The van der Waals surface area contributed by atoms with Crippen molar-refractivity contribution in [2.45, 2.75) is 25.7 Å². The third-order valence-electron chi connectivity index (χ3n) is 4.69. The van der Waals surface area contributed by atoms with Crippen LogP contribution in [0.25, 0.3) is 0 Å². The van der Waals surface area contributed by atoms with Crippen LogP contribution in [-0.2, 0) is 0 Å². The van der Waals surface area contributed by atoms with Crippen molar-refractivity contribution in [2.24, 2.45) is 0 Å². The maximum absolute atomic E-state index is 11.4. The molecule has 2 aliphatic heterocycles. The monoisotopic (exact) mass is 355 g/mol. The Morgan fingerprint density at radius 1 is 0.885 bits per heavy atom. The van der Waals surface area contributed by atoms with E-state index in [-0.39, 0.29) is 17.3 Å². The van der Waals surface area contributed by atoms with Crippen molar-refractivity contribution in [1.82, 2.24) is 15.0 Å². The zero-order valence-electron chi connectivity index (χ0n) is 14.5. The zero-order valence-corrected chi connectivity index (χ0v) is 14.5. The van der Waals surface area contributed by atoms with Crippen molar-refractivity contribution < 1.29 is 14.6 Å². The van der Waals surface area contributed by atoms with Gasteiger partial charge in [0.25, 0.3) is 0 Å². The molecule has 0 saturated carbocycles. The highest BCUT2D eigenvalue weighted by Gasteiger charge is 2.23. The zero-order chi connectivity index (χ0) is 17.9. The van der Waals surface area contributed by atoms with E-state index in [4.69, 9.17) is 4.74 Å². The minimum Gasteiger partial charge on any atom is -0.478 e. The molecule has 2 fully saturated rings. The first-order chi connectivity index (χ1) is 12.7. The van der Waals surface area contributed by atoms with E-state index in [0.29, 0.717) is 11.9 Å². The second kappa shape index (κ2) is 7.15. The molecule has 1 aromatic heterocycles. The van der Waals surface area contributed by atoms with Crippen LogP contribution < -0.4 is 14.5 Å². The summed E-state index contributed by atoms with van der Waals surface area (Å²) in [6, 6.07) is 6.64. The van der Waals surface area contributed by atoms with Crippen molar-refractivity contribution >= 4 is 17.9 Å². The van der Waals surface area contributed by atoms with Gasteiger partial charge in [0, 0.05) is 26.2 Å². The third kappa shape index (κ3) is 3.40. The fourth-order valence-corrected chi connectivity index (χ4v) is 3.33. The van der Waals surface area contributed by atoms with E-state index in [1.165, 1.54) is 6.07 Å². The molecule has 0 amide bonds. The number of hydrogen-bond donors (Lipinski definition) is 1. The number of ether oxygens (including phenoxy) is 1. The average Bonchev–Trinajstić information content (AvgIpc) is 3.36. The molecule has 136 valence electrons. The number of carboxylic acids is 1. The molecule has 8 nitrogen and oxygen atoms in total. The minimum atomic E-state index is -1.05. The van der Waals surface area contributed by atoms with Gasteiger partial charge in [0.15, 0.2) is 0 Å². The van der Waals surface area contributed by atoms with Crippen molar-refractivity contribution in [3.05, 3.63) is 29.8 Å².